The maximum Gasteiger partial charge on any atom is 0.290 e. The molecular formula is C29H23BrFNO6. The molecule has 1 aliphatic heterocycles. The van der Waals surface area contributed by atoms with E-state index < -0.39 is 23.5 Å². The van der Waals surface area contributed by atoms with Crippen molar-refractivity contribution in [2.45, 2.75) is 12.6 Å². The zero-order chi connectivity index (χ0) is 26.8. The molecule has 0 radical (unpaired) electrons. The van der Waals surface area contributed by atoms with Crippen molar-refractivity contribution < 1.29 is 33.0 Å². The number of ketones is 1. The van der Waals surface area contributed by atoms with Gasteiger partial charge < -0.3 is 23.9 Å². The Morgan fingerprint density at radius 3 is 2.53 bits per heavy atom. The first-order valence-electron chi connectivity index (χ1n) is 11.8. The highest BCUT2D eigenvalue weighted by Gasteiger charge is 2.44. The highest BCUT2D eigenvalue weighted by molar-refractivity contribution is 9.10. The van der Waals surface area contributed by atoms with E-state index in [9.17, 15) is 19.1 Å². The van der Waals surface area contributed by atoms with Gasteiger partial charge in [-0.3, -0.25) is 9.59 Å². The maximum atomic E-state index is 13.6. The molecule has 0 fully saturated rings. The molecule has 1 aromatic heterocycles. The van der Waals surface area contributed by atoms with Crippen molar-refractivity contribution in [1.29, 1.82) is 0 Å². The number of rotatable bonds is 9. The summed E-state index contributed by atoms with van der Waals surface area (Å²) in [5, 5.41) is 11.5. The predicted molar refractivity (Wildman–Crippen MR) is 141 cm³/mol. The number of ether oxygens (including phenoxy) is 2. The first kappa shape index (κ1) is 25.7. The minimum Gasteiger partial charge on any atom is -0.503 e. The quantitative estimate of drug-likeness (QED) is 0.240. The Labute approximate surface area is 226 Å². The van der Waals surface area contributed by atoms with Crippen molar-refractivity contribution in [2.24, 2.45) is 0 Å². The zero-order valence-electron chi connectivity index (χ0n) is 20.3. The van der Waals surface area contributed by atoms with Gasteiger partial charge in [0.25, 0.3) is 5.91 Å². The van der Waals surface area contributed by atoms with E-state index in [4.69, 9.17) is 13.9 Å². The number of methoxy groups -OCH3 is 1. The topological polar surface area (TPSA) is 89.2 Å². The van der Waals surface area contributed by atoms with Crippen LogP contribution < -0.4 is 4.74 Å². The Balaban J connectivity index is 1.44. The molecule has 0 saturated heterocycles. The lowest BCUT2D eigenvalue weighted by molar-refractivity contribution is -0.130. The second-order valence-electron chi connectivity index (χ2n) is 8.76. The molecule has 7 nitrogen and oxygen atoms in total. The molecule has 1 amide bonds. The molecule has 3 aromatic carbocycles. The molecule has 9 heteroatoms. The lowest BCUT2D eigenvalue weighted by Gasteiger charge is -2.26. The summed E-state index contributed by atoms with van der Waals surface area (Å²) in [4.78, 5) is 28.1. The van der Waals surface area contributed by atoms with Crippen LogP contribution in [0.3, 0.4) is 0 Å². The third-order valence-electron chi connectivity index (χ3n) is 6.30. The summed E-state index contributed by atoms with van der Waals surface area (Å²) in [7, 11) is 1.51. The van der Waals surface area contributed by atoms with Gasteiger partial charge in [0.2, 0.25) is 5.78 Å². The lowest BCUT2D eigenvalue weighted by atomic mass is 9.95. The number of amides is 1. The molecule has 38 heavy (non-hydrogen) atoms. The van der Waals surface area contributed by atoms with E-state index in [1.54, 1.807) is 54.6 Å². The fraction of sp³-hybridized carbons (Fsp3) is 0.172. The molecule has 0 saturated carbocycles. The van der Waals surface area contributed by atoms with Gasteiger partial charge in [-0.05, 0) is 59.7 Å². The molecule has 0 bridgehead atoms. The second kappa shape index (κ2) is 10.8. The molecule has 0 aliphatic carbocycles. The predicted octanol–water partition coefficient (Wildman–Crippen LogP) is 6.14. The summed E-state index contributed by atoms with van der Waals surface area (Å²) in [6.07, 6.45) is 0. The van der Waals surface area contributed by atoms with Gasteiger partial charge >= 0.3 is 0 Å². The normalized spacial score (nSPS) is 15.5. The monoisotopic (exact) mass is 579 g/mol. The third-order valence-corrected chi connectivity index (χ3v) is 6.79. The number of Topliss-reactive ketones (excluding diaryl/α,β-unsaturated/α-hetero) is 1. The van der Waals surface area contributed by atoms with Crippen LogP contribution in [0.15, 0.2) is 93.0 Å². The van der Waals surface area contributed by atoms with E-state index in [1.165, 1.54) is 24.1 Å². The van der Waals surface area contributed by atoms with Gasteiger partial charge in [0.05, 0.1) is 18.2 Å². The van der Waals surface area contributed by atoms with Crippen LogP contribution in [0.1, 0.15) is 27.7 Å². The van der Waals surface area contributed by atoms with Crippen molar-refractivity contribution >= 4 is 38.6 Å². The van der Waals surface area contributed by atoms with Crippen molar-refractivity contribution in [3.05, 3.63) is 111 Å². The van der Waals surface area contributed by atoms with Crippen LogP contribution in [0.2, 0.25) is 0 Å². The molecule has 5 rings (SSSR count). The molecule has 0 spiro atoms. The van der Waals surface area contributed by atoms with Crippen molar-refractivity contribution in [3.63, 3.8) is 0 Å². The fourth-order valence-corrected chi connectivity index (χ4v) is 4.78. The van der Waals surface area contributed by atoms with E-state index in [0.717, 1.165) is 10.0 Å². The number of aliphatic hydroxyl groups is 1. The number of fused-ring (bicyclic) bond motifs is 1. The number of halogens is 2. The van der Waals surface area contributed by atoms with Crippen LogP contribution >= 0.6 is 15.9 Å². The second-order valence-corrected chi connectivity index (χ2v) is 9.68. The molecule has 194 valence electrons. The highest BCUT2D eigenvalue weighted by Crippen LogP contribution is 2.40. The zero-order valence-corrected chi connectivity index (χ0v) is 21.9. The van der Waals surface area contributed by atoms with Crippen LogP contribution in [0.5, 0.6) is 5.75 Å². The molecule has 1 aliphatic rings. The summed E-state index contributed by atoms with van der Waals surface area (Å²) >= 11 is 3.40. The Bertz CT molecular complexity index is 1530. The number of nitrogens with zero attached hydrogens (tertiary/aromatic N) is 1. The average molecular weight is 580 g/mol. The van der Waals surface area contributed by atoms with Gasteiger partial charge in [0, 0.05) is 23.5 Å². The Morgan fingerprint density at radius 2 is 1.82 bits per heavy atom. The van der Waals surface area contributed by atoms with E-state index >= 15 is 0 Å². The average Bonchev–Trinajstić information content (AvgIpc) is 3.45. The van der Waals surface area contributed by atoms with E-state index in [1.807, 2.05) is 6.07 Å². The van der Waals surface area contributed by atoms with Gasteiger partial charge in [0.1, 0.15) is 23.8 Å². The molecule has 1 atom stereocenters. The van der Waals surface area contributed by atoms with Gasteiger partial charge in [-0.15, -0.1) is 0 Å². The number of carbonyl (C=O) groups is 2. The summed E-state index contributed by atoms with van der Waals surface area (Å²) in [6, 6.07) is 19.0. The first-order chi connectivity index (χ1) is 18.4. The summed E-state index contributed by atoms with van der Waals surface area (Å²) in [6.45, 7) is 0.624. The number of aliphatic hydroxyl groups excluding tert-OH is 1. The lowest BCUT2D eigenvalue weighted by Crippen LogP contribution is -2.33. The van der Waals surface area contributed by atoms with Gasteiger partial charge in [-0.1, -0.05) is 40.2 Å². The number of furan rings is 1. The van der Waals surface area contributed by atoms with Crippen molar-refractivity contribution in [3.8, 4) is 5.75 Å². The number of hydrogen-bond acceptors (Lipinski definition) is 6. The Morgan fingerprint density at radius 1 is 1.08 bits per heavy atom. The van der Waals surface area contributed by atoms with E-state index in [-0.39, 0.29) is 36.9 Å². The SMILES string of the molecule is COCCN1C(=O)C(O)=C(C(=O)c2cc3cc(Br)ccc3o2)C1c1ccc(OCc2ccc(F)cc2)cc1. The minimum absolute atomic E-state index is 0.0188. The Hall–Kier alpha value is -3.95. The highest BCUT2D eigenvalue weighted by atomic mass is 79.9. The van der Waals surface area contributed by atoms with E-state index in [0.29, 0.717) is 22.3 Å². The largest absolute Gasteiger partial charge is 0.503 e. The van der Waals surface area contributed by atoms with Gasteiger partial charge in [-0.25, -0.2) is 4.39 Å². The van der Waals surface area contributed by atoms with E-state index in [2.05, 4.69) is 15.9 Å². The number of hydrogen-bond donors (Lipinski definition) is 1. The third kappa shape index (κ3) is 5.07. The maximum absolute atomic E-state index is 13.6. The fourth-order valence-electron chi connectivity index (χ4n) is 4.40. The standard InChI is InChI=1S/C29H23BrFNO6/c1-36-13-12-32-26(18-4-9-22(10-5-18)37-16-17-2-7-21(31)8-3-17)25(28(34)29(32)35)27(33)24-15-19-14-20(30)6-11-23(19)38-24/h2-11,14-15,26,34H,12-13,16H2,1H3. The molecule has 4 aromatic rings. The van der Waals surface area contributed by atoms with Gasteiger partial charge in [0.15, 0.2) is 11.5 Å². The first-order valence-corrected chi connectivity index (χ1v) is 12.6. The molecular weight excluding hydrogens is 557 g/mol. The Kier molecular flexibility index (Phi) is 7.31. The van der Waals surface area contributed by atoms with Gasteiger partial charge in [-0.2, -0.15) is 0 Å². The van der Waals surface area contributed by atoms with Crippen LogP contribution in [0.25, 0.3) is 11.0 Å². The van der Waals surface area contributed by atoms with Crippen LogP contribution in [-0.2, 0) is 16.1 Å². The smallest absolute Gasteiger partial charge is 0.290 e. The molecule has 1 unspecified atom stereocenters. The van der Waals surface area contributed by atoms with Crippen molar-refractivity contribution in [1.82, 2.24) is 4.90 Å². The van der Waals surface area contributed by atoms with Crippen LogP contribution in [0.4, 0.5) is 4.39 Å². The van der Waals surface area contributed by atoms with Crippen LogP contribution in [0, 0.1) is 5.82 Å². The van der Waals surface area contributed by atoms with Crippen molar-refractivity contribution in [2.75, 3.05) is 20.3 Å². The number of carbonyl (C=O) groups excluding carboxylic acids is 2. The summed E-state index contributed by atoms with van der Waals surface area (Å²) < 4.78 is 30.7. The molecule has 1 N–H and O–H groups in total. The number of benzene rings is 3. The molecule has 2 heterocycles. The minimum atomic E-state index is -0.851. The van der Waals surface area contributed by atoms with Crippen LogP contribution in [-0.4, -0.2) is 42.0 Å². The summed E-state index contributed by atoms with van der Waals surface area (Å²) in [5.41, 5.74) is 1.86. The summed E-state index contributed by atoms with van der Waals surface area (Å²) in [5.74, 6) is -1.61.